The number of amides is 1. The average Bonchev–Trinajstić information content (AvgIpc) is 3.46. The van der Waals surface area contributed by atoms with Crippen molar-refractivity contribution in [3.05, 3.63) is 76.7 Å². The third kappa shape index (κ3) is 4.81. The molecule has 3 N–H and O–H groups in total. The van der Waals surface area contributed by atoms with Crippen LogP contribution in [0.25, 0.3) is 22.0 Å². The van der Waals surface area contributed by atoms with Gasteiger partial charge in [0, 0.05) is 51.5 Å². The number of rotatable bonds is 10. The Bertz CT molecular complexity index is 1580. The SMILES string of the molecule is CCOC(=O)c1cccc(Sc2c(C3C=C3)n(CCCC(N)=O)c3c(F)c(Cl)cc(-c4cn[nH]c4)c23)c1F. The molecule has 2 aromatic carbocycles. The van der Waals surface area contributed by atoms with Crippen LogP contribution >= 0.6 is 23.4 Å². The van der Waals surface area contributed by atoms with E-state index >= 15 is 8.78 Å². The highest BCUT2D eigenvalue weighted by atomic mass is 35.5. The molecule has 2 aromatic heterocycles. The lowest BCUT2D eigenvalue weighted by Crippen LogP contribution is -2.12. The predicted octanol–water partition coefficient (Wildman–Crippen LogP) is 6.21. The topological polar surface area (TPSA) is 103 Å². The van der Waals surface area contributed by atoms with Gasteiger partial charge in [-0.25, -0.2) is 13.6 Å². The number of hydrogen-bond donors (Lipinski definition) is 2. The molecule has 4 aromatic rings. The Hall–Kier alpha value is -3.63. The van der Waals surface area contributed by atoms with Crippen molar-refractivity contribution in [2.24, 2.45) is 5.73 Å². The lowest BCUT2D eigenvalue weighted by atomic mass is 10.0. The van der Waals surface area contributed by atoms with Gasteiger partial charge in [-0.1, -0.05) is 41.6 Å². The predicted molar refractivity (Wildman–Crippen MR) is 141 cm³/mol. The van der Waals surface area contributed by atoms with Gasteiger partial charge in [0.05, 0.1) is 28.9 Å². The maximum atomic E-state index is 15.8. The van der Waals surface area contributed by atoms with E-state index in [-0.39, 0.29) is 39.9 Å². The standard InChI is InChI=1S/C27H23ClF2N4O3S/c1-2-37-27(36)16-5-3-6-19(22(16)29)38-26-21-17(15-12-32-33-13-15)11-18(28)23(30)25(21)34(10-4-7-20(31)35)24(26)14-8-9-14/h3,5-6,8-9,11-14H,2,4,7,10H2,1H3,(H2,31,35)(H,32,33). The van der Waals surface area contributed by atoms with Crippen molar-refractivity contribution in [1.29, 1.82) is 0 Å². The van der Waals surface area contributed by atoms with Crippen LogP contribution in [-0.2, 0) is 16.1 Å². The zero-order valence-electron chi connectivity index (χ0n) is 20.3. The molecule has 0 unspecified atom stereocenters. The number of halogens is 3. The van der Waals surface area contributed by atoms with Crippen LogP contribution in [0.4, 0.5) is 8.78 Å². The zero-order chi connectivity index (χ0) is 27.0. The number of aromatic amines is 1. The number of carbonyl (C=O) groups excluding carboxylic acids is 2. The molecule has 0 aliphatic heterocycles. The maximum absolute atomic E-state index is 15.8. The van der Waals surface area contributed by atoms with Crippen LogP contribution in [0, 0.1) is 11.6 Å². The molecule has 11 heteroatoms. The summed E-state index contributed by atoms with van der Waals surface area (Å²) in [6.45, 7) is 2.05. The summed E-state index contributed by atoms with van der Waals surface area (Å²) in [5, 5.41) is 7.24. The summed E-state index contributed by atoms with van der Waals surface area (Å²) in [5.41, 5.74) is 7.43. The molecule has 0 radical (unpaired) electrons. The van der Waals surface area contributed by atoms with E-state index in [1.165, 1.54) is 12.1 Å². The second-order valence-corrected chi connectivity index (χ2v) is 10.2. The van der Waals surface area contributed by atoms with Crippen molar-refractivity contribution in [3.63, 3.8) is 0 Å². The third-order valence-electron chi connectivity index (χ3n) is 6.20. The Morgan fingerprint density at radius 3 is 2.71 bits per heavy atom. The Labute approximate surface area is 226 Å². The Morgan fingerprint density at radius 1 is 1.26 bits per heavy atom. The van der Waals surface area contributed by atoms with Crippen LogP contribution in [0.1, 0.15) is 41.7 Å². The Balaban J connectivity index is 1.76. The number of benzene rings is 2. The number of nitrogens with one attached hydrogen (secondary N) is 1. The molecule has 1 aliphatic rings. The summed E-state index contributed by atoms with van der Waals surface area (Å²) in [6.07, 6.45) is 7.66. The minimum atomic E-state index is -0.762. The lowest BCUT2D eigenvalue weighted by Gasteiger charge is -2.12. The van der Waals surface area contributed by atoms with E-state index in [0.29, 0.717) is 34.4 Å². The minimum Gasteiger partial charge on any atom is -0.462 e. The molecule has 5 rings (SSSR count). The zero-order valence-corrected chi connectivity index (χ0v) is 21.8. The monoisotopic (exact) mass is 556 g/mol. The number of nitrogens with zero attached hydrogens (tertiary/aromatic N) is 2. The highest BCUT2D eigenvalue weighted by Crippen LogP contribution is 2.50. The first-order valence-corrected chi connectivity index (χ1v) is 13.1. The van der Waals surface area contributed by atoms with Crippen molar-refractivity contribution < 1.29 is 23.1 Å². The van der Waals surface area contributed by atoms with Crippen molar-refractivity contribution in [2.45, 2.75) is 42.0 Å². The van der Waals surface area contributed by atoms with E-state index in [9.17, 15) is 9.59 Å². The summed E-state index contributed by atoms with van der Waals surface area (Å²) in [5.74, 6) is -2.69. The molecule has 0 saturated heterocycles. The number of primary amides is 1. The fourth-order valence-electron chi connectivity index (χ4n) is 4.48. The number of H-pyrrole nitrogens is 1. The van der Waals surface area contributed by atoms with Gasteiger partial charge in [0.25, 0.3) is 0 Å². The van der Waals surface area contributed by atoms with E-state index < -0.39 is 23.5 Å². The molecule has 2 heterocycles. The largest absolute Gasteiger partial charge is 0.462 e. The van der Waals surface area contributed by atoms with E-state index in [4.69, 9.17) is 22.1 Å². The summed E-state index contributed by atoms with van der Waals surface area (Å²) in [4.78, 5) is 24.6. The number of hydrogen-bond acceptors (Lipinski definition) is 5. The molecule has 0 atom stereocenters. The first-order chi connectivity index (χ1) is 18.3. The fourth-order valence-corrected chi connectivity index (χ4v) is 5.90. The minimum absolute atomic E-state index is 0.0790. The van der Waals surface area contributed by atoms with E-state index in [0.717, 1.165) is 17.5 Å². The number of nitrogens with two attached hydrogens (primary N) is 1. The summed E-state index contributed by atoms with van der Waals surface area (Å²) >= 11 is 7.47. The number of allylic oxidation sites excluding steroid dienone is 2. The molecule has 0 saturated carbocycles. The first-order valence-electron chi connectivity index (χ1n) is 11.9. The van der Waals surface area contributed by atoms with E-state index in [1.54, 1.807) is 36.0 Å². The second-order valence-electron chi connectivity index (χ2n) is 8.72. The van der Waals surface area contributed by atoms with Gasteiger partial charge in [-0.2, -0.15) is 5.10 Å². The number of fused-ring (bicyclic) bond motifs is 1. The molecule has 7 nitrogen and oxygen atoms in total. The number of aryl methyl sites for hydroxylation is 1. The van der Waals surface area contributed by atoms with Crippen molar-refractivity contribution in [2.75, 3.05) is 6.61 Å². The van der Waals surface area contributed by atoms with Crippen LogP contribution in [0.3, 0.4) is 0 Å². The smallest absolute Gasteiger partial charge is 0.341 e. The molecule has 196 valence electrons. The highest BCUT2D eigenvalue weighted by molar-refractivity contribution is 7.99. The van der Waals surface area contributed by atoms with Crippen molar-refractivity contribution in [3.8, 4) is 11.1 Å². The lowest BCUT2D eigenvalue weighted by molar-refractivity contribution is -0.118. The van der Waals surface area contributed by atoms with Gasteiger partial charge < -0.3 is 15.0 Å². The van der Waals surface area contributed by atoms with Crippen LogP contribution in [-0.4, -0.2) is 33.2 Å². The van der Waals surface area contributed by atoms with Gasteiger partial charge in [0.2, 0.25) is 5.91 Å². The Morgan fingerprint density at radius 2 is 2.05 bits per heavy atom. The number of ether oxygens (including phenoxy) is 1. The third-order valence-corrected chi connectivity index (χ3v) is 7.63. The van der Waals surface area contributed by atoms with Gasteiger partial charge >= 0.3 is 5.97 Å². The van der Waals surface area contributed by atoms with Crippen LogP contribution in [0.5, 0.6) is 0 Å². The molecular formula is C27H23ClF2N4O3S. The van der Waals surface area contributed by atoms with Crippen LogP contribution < -0.4 is 5.73 Å². The number of carbonyl (C=O) groups is 2. The van der Waals surface area contributed by atoms with Gasteiger partial charge in [-0.3, -0.25) is 9.89 Å². The molecule has 38 heavy (non-hydrogen) atoms. The Kier molecular flexibility index (Phi) is 7.27. The van der Waals surface area contributed by atoms with E-state index in [1.807, 2.05) is 12.2 Å². The second kappa shape index (κ2) is 10.6. The summed E-state index contributed by atoms with van der Waals surface area (Å²) in [6, 6.07) is 6.03. The fraction of sp³-hybridized carbons (Fsp3) is 0.222. The normalized spacial score (nSPS) is 12.8. The van der Waals surface area contributed by atoms with Gasteiger partial charge in [0.1, 0.15) is 0 Å². The first kappa shape index (κ1) is 26.0. The van der Waals surface area contributed by atoms with Crippen molar-refractivity contribution >= 4 is 46.1 Å². The molecule has 0 fully saturated rings. The van der Waals surface area contributed by atoms with Crippen LogP contribution in [0.15, 0.2) is 58.6 Å². The molecule has 1 aliphatic carbocycles. The molecular weight excluding hydrogens is 534 g/mol. The quantitative estimate of drug-likeness (QED) is 0.178. The number of esters is 1. The maximum Gasteiger partial charge on any atom is 0.341 e. The highest BCUT2D eigenvalue weighted by Gasteiger charge is 2.32. The van der Waals surface area contributed by atoms with Gasteiger partial charge in [-0.15, -0.1) is 0 Å². The average molecular weight is 557 g/mol. The summed E-state index contributed by atoms with van der Waals surface area (Å²) in [7, 11) is 0. The molecule has 0 spiro atoms. The van der Waals surface area contributed by atoms with Gasteiger partial charge in [-0.05, 0) is 37.1 Å². The molecule has 1 amide bonds. The summed E-state index contributed by atoms with van der Waals surface area (Å²) < 4.78 is 38.2. The van der Waals surface area contributed by atoms with Crippen LogP contribution in [0.2, 0.25) is 5.02 Å². The van der Waals surface area contributed by atoms with E-state index in [2.05, 4.69) is 10.2 Å². The van der Waals surface area contributed by atoms with Crippen molar-refractivity contribution in [1.82, 2.24) is 14.8 Å². The number of aromatic nitrogens is 3. The molecule has 0 bridgehead atoms. The van der Waals surface area contributed by atoms with Gasteiger partial charge in [0.15, 0.2) is 11.6 Å².